The van der Waals surface area contributed by atoms with Gasteiger partial charge in [-0.2, -0.15) is 0 Å². The SMILES string of the molecule is O=C(O)C1CC(NCc2ccc(C3=NC(c4ccc(C5CCCCC5)cc4)ON3)cc2)C1. The summed E-state index contributed by atoms with van der Waals surface area (Å²) in [6.07, 6.45) is 7.78. The molecule has 0 aromatic heterocycles. The maximum atomic E-state index is 10.9. The average molecular weight is 434 g/mol. The van der Waals surface area contributed by atoms with Crippen molar-refractivity contribution >= 4 is 11.8 Å². The third-order valence-electron chi connectivity index (χ3n) is 7.12. The van der Waals surface area contributed by atoms with Crippen LogP contribution < -0.4 is 10.8 Å². The van der Waals surface area contributed by atoms with E-state index in [0.717, 1.165) is 23.5 Å². The molecule has 0 amide bonds. The van der Waals surface area contributed by atoms with Gasteiger partial charge < -0.3 is 10.4 Å². The van der Waals surface area contributed by atoms with Crippen molar-refractivity contribution in [2.75, 3.05) is 0 Å². The zero-order valence-electron chi connectivity index (χ0n) is 18.3. The zero-order chi connectivity index (χ0) is 21.9. The highest BCUT2D eigenvalue weighted by Crippen LogP contribution is 2.34. The number of carbonyl (C=O) groups is 1. The summed E-state index contributed by atoms with van der Waals surface area (Å²) in [5.74, 6) is 0.584. The van der Waals surface area contributed by atoms with E-state index >= 15 is 0 Å². The minimum absolute atomic E-state index is 0.183. The summed E-state index contributed by atoms with van der Waals surface area (Å²) in [6.45, 7) is 0.740. The van der Waals surface area contributed by atoms with E-state index in [9.17, 15) is 4.79 Å². The van der Waals surface area contributed by atoms with Crippen LogP contribution in [0, 0.1) is 5.92 Å². The quantitative estimate of drug-likeness (QED) is 0.591. The number of amidine groups is 1. The average Bonchev–Trinajstić information content (AvgIpc) is 3.29. The van der Waals surface area contributed by atoms with Gasteiger partial charge in [0.1, 0.15) is 0 Å². The summed E-state index contributed by atoms with van der Waals surface area (Å²) < 4.78 is 0. The highest BCUT2D eigenvalue weighted by atomic mass is 16.7. The minimum atomic E-state index is -0.682. The second-order valence-electron chi connectivity index (χ2n) is 9.33. The molecule has 2 saturated carbocycles. The Kier molecular flexibility index (Phi) is 6.23. The smallest absolute Gasteiger partial charge is 0.306 e. The first-order chi connectivity index (χ1) is 15.7. The number of nitrogens with zero attached hydrogens (tertiary/aromatic N) is 1. The van der Waals surface area contributed by atoms with E-state index in [1.165, 1.54) is 43.2 Å². The summed E-state index contributed by atoms with van der Waals surface area (Å²) in [7, 11) is 0. The number of aliphatic carboxylic acids is 1. The number of hydroxylamine groups is 1. The molecule has 2 aromatic carbocycles. The van der Waals surface area contributed by atoms with Crippen LogP contribution in [0.25, 0.3) is 0 Å². The second-order valence-corrected chi connectivity index (χ2v) is 9.33. The number of carboxylic acid groups (broad SMARTS) is 1. The van der Waals surface area contributed by atoms with Crippen molar-refractivity contribution < 1.29 is 14.7 Å². The Balaban J connectivity index is 1.16. The number of rotatable bonds is 7. The second kappa shape index (κ2) is 9.43. The molecule has 1 aliphatic heterocycles. The number of aliphatic imine (C=N–C) groups is 1. The van der Waals surface area contributed by atoms with E-state index in [4.69, 9.17) is 14.9 Å². The molecule has 2 aromatic rings. The van der Waals surface area contributed by atoms with Gasteiger partial charge in [-0.05, 0) is 42.7 Å². The van der Waals surface area contributed by atoms with Crippen LogP contribution in [0.1, 0.15) is 79.3 Å². The fraction of sp³-hybridized carbons (Fsp3) is 0.462. The lowest BCUT2D eigenvalue weighted by Crippen LogP contribution is -2.43. The molecule has 0 bridgehead atoms. The van der Waals surface area contributed by atoms with Crippen LogP contribution in [0.5, 0.6) is 0 Å². The number of hydrogen-bond donors (Lipinski definition) is 3. The molecule has 0 radical (unpaired) electrons. The van der Waals surface area contributed by atoms with Crippen LogP contribution in [0.4, 0.5) is 0 Å². The van der Waals surface area contributed by atoms with E-state index in [1.54, 1.807) is 0 Å². The van der Waals surface area contributed by atoms with Gasteiger partial charge in [0, 0.05) is 23.7 Å². The van der Waals surface area contributed by atoms with Crippen molar-refractivity contribution in [1.82, 2.24) is 10.8 Å². The van der Waals surface area contributed by atoms with Crippen molar-refractivity contribution in [3.05, 3.63) is 70.8 Å². The number of carboxylic acids is 1. The molecule has 2 aliphatic carbocycles. The maximum Gasteiger partial charge on any atom is 0.306 e. The summed E-state index contributed by atoms with van der Waals surface area (Å²) in [4.78, 5) is 21.4. The van der Waals surface area contributed by atoms with Crippen LogP contribution in [-0.2, 0) is 16.2 Å². The predicted molar refractivity (Wildman–Crippen MR) is 123 cm³/mol. The molecule has 6 nitrogen and oxygen atoms in total. The molecule has 1 heterocycles. The van der Waals surface area contributed by atoms with E-state index in [1.807, 2.05) is 12.1 Å². The van der Waals surface area contributed by atoms with Gasteiger partial charge in [0.05, 0.1) is 5.92 Å². The van der Waals surface area contributed by atoms with Gasteiger partial charge in [-0.1, -0.05) is 67.8 Å². The fourth-order valence-corrected chi connectivity index (χ4v) is 4.96. The third-order valence-corrected chi connectivity index (χ3v) is 7.12. The van der Waals surface area contributed by atoms with E-state index in [2.05, 4.69) is 47.2 Å². The molecule has 2 fully saturated rings. The van der Waals surface area contributed by atoms with Crippen LogP contribution >= 0.6 is 0 Å². The molecular weight excluding hydrogens is 402 g/mol. The first-order valence-electron chi connectivity index (χ1n) is 11.8. The van der Waals surface area contributed by atoms with Crippen LogP contribution in [0.2, 0.25) is 0 Å². The van der Waals surface area contributed by atoms with Gasteiger partial charge in [-0.25, -0.2) is 15.3 Å². The monoisotopic (exact) mass is 433 g/mol. The first kappa shape index (κ1) is 21.2. The number of hydrogen-bond acceptors (Lipinski definition) is 5. The van der Waals surface area contributed by atoms with Crippen LogP contribution in [-0.4, -0.2) is 23.0 Å². The third kappa shape index (κ3) is 4.71. The van der Waals surface area contributed by atoms with Gasteiger partial charge in [0.2, 0.25) is 6.23 Å². The molecule has 3 aliphatic rings. The van der Waals surface area contributed by atoms with Crippen molar-refractivity contribution in [1.29, 1.82) is 0 Å². The molecule has 3 N–H and O–H groups in total. The maximum absolute atomic E-state index is 10.9. The van der Waals surface area contributed by atoms with Gasteiger partial charge in [-0.15, -0.1) is 0 Å². The molecule has 0 spiro atoms. The first-order valence-corrected chi connectivity index (χ1v) is 11.8. The van der Waals surface area contributed by atoms with E-state index < -0.39 is 5.97 Å². The molecule has 1 atom stereocenters. The van der Waals surface area contributed by atoms with E-state index in [0.29, 0.717) is 24.8 Å². The Morgan fingerprint density at radius 2 is 1.69 bits per heavy atom. The van der Waals surface area contributed by atoms with Gasteiger partial charge >= 0.3 is 5.97 Å². The topological polar surface area (TPSA) is 83.0 Å². The Hall–Kier alpha value is -2.70. The van der Waals surface area contributed by atoms with Gasteiger partial charge in [-0.3, -0.25) is 4.79 Å². The Bertz CT molecular complexity index is 959. The Labute approximate surface area is 189 Å². The summed E-state index contributed by atoms with van der Waals surface area (Å²) in [5, 5.41) is 12.4. The number of nitrogens with one attached hydrogen (secondary N) is 2. The Morgan fingerprint density at radius 1 is 1.00 bits per heavy atom. The highest BCUT2D eigenvalue weighted by Gasteiger charge is 2.33. The zero-order valence-corrected chi connectivity index (χ0v) is 18.3. The lowest BCUT2D eigenvalue weighted by Gasteiger charge is -2.33. The normalized spacial score (nSPS) is 25.6. The van der Waals surface area contributed by atoms with Gasteiger partial charge in [0.15, 0.2) is 5.84 Å². The van der Waals surface area contributed by atoms with Crippen molar-refractivity contribution in [3.8, 4) is 0 Å². The minimum Gasteiger partial charge on any atom is -0.481 e. The lowest BCUT2D eigenvalue weighted by molar-refractivity contribution is -0.145. The predicted octanol–water partition coefficient (Wildman–Crippen LogP) is 4.67. The molecule has 32 heavy (non-hydrogen) atoms. The summed E-state index contributed by atoms with van der Waals surface area (Å²) in [5.41, 5.74) is 7.64. The largest absolute Gasteiger partial charge is 0.481 e. The van der Waals surface area contributed by atoms with Crippen LogP contribution in [0.15, 0.2) is 53.5 Å². The molecule has 168 valence electrons. The molecule has 6 heteroatoms. The van der Waals surface area contributed by atoms with Crippen molar-refractivity contribution in [3.63, 3.8) is 0 Å². The lowest BCUT2D eigenvalue weighted by atomic mass is 9.80. The molecule has 0 saturated heterocycles. The van der Waals surface area contributed by atoms with E-state index in [-0.39, 0.29) is 12.1 Å². The van der Waals surface area contributed by atoms with Crippen LogP contribution in [0.3, 0.4) is 0 Å². The van der Waals surface area contributed by atoms with Crippen molar-refractivity contribution in [2.24, 2.45) is 10.9 Å². The molecular formula is C26H31N3O3. The highest BCUT2D eigenvalue weighted by molar-refractivity contribution is 5.98. The van der Waals surface area contributed by atoms with Gasteiger partial charge in [0.25, 0.3) is 0 Å². The molecule has 5 rings (SSSR count). The summed E-state index contributed by atoms with van der Waals surface area (Å²) in [6, 6.07) is 17.3. The molecule has 1 unspecified atom stereocenters. The summed E-state index contributed by atoms with van der Waals surface area (Å²) >= 11 is 0. The fourth-order valence-electron chi connectivity index (χ4n) is 4.96. The standard InChI is InChI=1S/C26H31N3O3/c30-26(31)22-14-23(15-22)27-16-17-6-8-20(9-7-17)24-28-25(32-29-24)21-12-10-19(11-13-21)18-4-2-1-3-5-18/h6-13,18,22-23,25,27H,1-5,14-16H2,(H,28,29)(H,30,31). The number of benzene rings is 2. The Morgan fingerprint density at radius 3 is 2.38 bits per heavy atom. The van der Waals surface area contributed by atoms with Crippen molar-refractivity contribution in [2.45, 2.75) is 69.7 Å².